The molecule has 0 spiro atoms. The summed E-state index contributed by atoms with van der Waals surface area (Å²) in [5, 5.41) is 14.2. The van der Waals surface area contributed by atoms with E-state index in [1.165, 1.54) is 0 Å². The molecule has 3 aromatic rings. The molecule has 9 heteroatoms. The van der Waals surface area contributed by atoms with Gasteiger partial charge in [0.15, 0.2) is 0 Å². The van der Waals surface area contributed by atoms with Crippen LogP contribution in [0.1, 0.15) is 38.7 Å². The van der Waals surface area contributed by atoms with Crippen LogP contribution in [0.5, 0.6) is 0 Å². The van der Waals surface area contributed by atoms with Gasteiger partial charge in [-0.05, 0) is 49.2 Å². The van der Waals surface area contributed by atoms with Gasteiger partial charge in [-0.15, -0.1) is 0 Å². The van der Waals surface area contributed by atoms with Crippen molar-refractivity contribution in [2.45, 2.75) is 45.2 Å². The van der Waals surface area contributed by atoms with E-state index in [1.807, 2.05) is 32.2 Å². The normalized spacial score (nSPS) is 13.4. The number of hydrogen-bond acceptors (Lipinski definition) is 8. The van der Waals surface area contributed by atoms with Crippen molar-refractivity contribution in [3.05, 3.63) is 46.4 Å². The Morgan fingerprint density at radius 1 is 1.29 bits per heavy atom. The molecule has 0 bridgehead atoms. The molecule has 1 aromatic carbocycles. The van der Waals surface area contributed by atoms with E-state index in [2.05, 4.69) is 32.1 Å². The van der Waals surface area contributed by atoms with Gasteiger partial charge in [0, 0.05) is 37.8 Å². The number of nitrogen functional groups attached to an aromatic ring is 1. The average Bonchev–Trinajstić information content (AvgIpc) is 2.82. The molecule has 0 aliphatic rings. The van der Waals surface area contributed by atoms with Crippen molar-refractivity contribution >= 4 is 22.7 Å². The van der Waals surface area contributed by atoms with E-state index >= 15 is 0 Å². The summed E-state index contributed by atoms with van der Waals surface area (Å²) in [6, 6.07) is 7.43. The number of aliphatic hydroxyl groups excluding tert-OH is 1. The highest BCUT2D eigenvalue weighted by molar-refractivity contribution is 5.93. The summed E-state index contributed by atoms with van der Waals surface area (Å²) in [6.07, 6.45) is 4.58. The van der Waals surface area contributed by atoms with Crippen molar-refractivity contribution in [2.24, 2.45) is 0 Å². The summed E-state index contributed by atoms with van der Waals surface area (Å²) in [5.41, 5.74) is 8.72. The Kier molecular flexibility index (Phi) is 8.60. The summed E-state index contributed by atoms with van der Waals surface area (Å²) in [7, 11) is 3.69. The second kappa shape index (κ2) is 11.4. The van der Waals surface area contributed by atoms with Gasteiger partial charge in [-0.2, -0.15) is 4.98 Å². The third kappa shape index (κ3) is 6.31. The molecule has 0 aliphatic carbocycles. The largest absolute Gasteiger partial charge is 0.394 e. The van der Waals surface area contributed by atoms with E-state index in [-0.39, 0.29) is 18.1 Å². The molecule has 0 fully saturated rings. The quantitative estimate of drug-likeness (QED) is 0.319. The van der Waals surface area contributed by atoms with Gasteiger partial charge in [0.05, 0.1) is 24.3 Å². The number of aromatic nitrogens is 3. The molecule has 34 heavy (non-hydrogen) atoms. The number of methoxy groups -OCH3 is 1. The van der Waals surface area contributed by atoms with E-state index in [1.54, 1.807) is 19.4 Å². The second-order valence-corrected chi connectivity index (χ2v) is 9.08. The highest BCUT2D eigenvalue weighted by Gasteiger charge is 2.24. The number of anilines is 2. The number of fused-ring (bicyclic) bond motifs is 1. The van der Waals surface area contributed by atoms with Crippen LogP contribution in [0.25, 0.3) is 22.0 Å². The van der Waals surface area contributed by atoms with Crippen molar-refractivity contribution in [3.63, 3.8) is 0 Å². The lowest BCUT2D eigenvalue weighted by molar-refractivity contribution is 0.158. The van der Waals surface area contributed by atoms with E-state index < -0.39 is 5.54 Å². The zero-order valence-corrected chi connectivity index (χ0v) is 20.5. The lowest BCUT2D eigenvalue weighted by Crippen LogP contribution is -2.39. The van der Waals surface area contributed by atoms with Crippen LogP contribution in [0.15, 0.2) is 35.3 Å². The maximum atomic E-state index is 12.2. The number of ether oxygens (including phenoxy) is 1. The van der Waals surface area contributed by atoms with Gasteiger partial charge < -0.3 is 25.9 Å². The molecule has 5 N–H and O–H groups in total. The van der Waals surface area contributed by atoms with Crippen LogP contribution in [0.4, 0.5) is 11.8 Å². The first-order valence-corrected chi connectivity index (χ1v) is 11.6. The van der Waals surface area contributed by atoms with Crippen molar-refractivity contribution < 1.29 is 9.84 Å². The number of pyridine rings is 1. The summed E-state index contributed by atoms with van der Waals surface area (Å²) in [4.78, 5) is 25.9. The maximum absolute atomic E-state index is 12.2. The molecule has 2 heterocycles. The number of benzene rings is 1. The Labute approximate surface area is 200 Å². The van der Waals surface area contributed by atoms with Gasteiger partial charge in [-0.3, -0.25) is 9.69 Å². The third-order valence-corrected chi connectivity index (χ3v) is 6.00. The molecule has 0 saturated carbocycles. The molecule has 184 valence electrons. The average molecular weight is 469 g/mol. The number of hydrogen-bond donors (Lipinski definition) is 4. The van der Waals surface area contributed by atoms with Gasteiger partial charge in [-0.25, -0.2) is 4.98 Å². The highest BCUT2D eigenvalue weighted by Crippen LogP contribution is 2.31. The number of aromatic amines is 1. The van der Waals surface area contributed by atoms with Gasteiger partial charge in [-0.1, -0.05) is 25.8 Å². The third-order valence-electron chi connectivity index (χ3n) is 6.00. The van der Waals surface area contributed by atoms with E-state index in [4.69, 9.17) is 10.5 Å². The molecule has 0 aliphatic heterocycles. The van der Waals surface area contributed by atoms with Crippen molar-refractivity contribution in [1.82, 2.24) is 19.9 Å². The molecule has 0 radical (unpaired) electrons. The Morgan fingerprint density at radius 3 is 2.79 bits per heavy atom. The molecular weight excluding hydrogens is 432 g/mol. The van der Waals surface area contributed by atoms with Crippen molar-refractivity contribution in [1.29, 1.82) is 0 Å². The Morgan fingerprint density at radius 2 is 2.09 bits per heavy atom. The minimum Gasteiger partial charge on any atom is -0.394 e. The van der Waals surface area contributed by atoms with Crippen LogP contribution < -0.4 is 16.6 Å². The monoisotopic (exact) mass is 468 g/mol. The zero-order valence-electron chi connectivity index (χ0n) is 20.5. The predicted octanol–water partition coefficient (Wildman–Crippen LogP) is 3.00. The zero-order chi connectivity index (χ0) is 24.7. The smallest absolute Gasteiger partial charge is 0.248 e. The SMILES string of the molecule is CCCCC(C)(CO)Nc1nc(N)nc2cc(-c3cc(=O)[nH]cc3CN(C)CCOC)ccc12. The standard InChI is InChI=1S/C25H36N6O3/c1-5-6-9-25(2,16-32)30-23-19-8-7-17(12-21(19)28-24(26)29-23)20-13-22(33)27-14-18(20)15-31(3)10-11-34-4/h7-8,12-14,32H,5-6,9-11,15-16H2,1-4H3,(H,27,33)(H3,26,28,29,30). The number of likely N-dealkylation sites (N-methyl/N-ethyl adjacent to an activating group) is 1. The number of unbranched alkanes of at least 4 members (excludes halogenated alkanes) is 1. The fraction of sp³-hybridized carbons (Fsp3) is 0.480. The Balaban J connectivity index is 2.01. The number of nitrogens with two attached hydrogens (primary N) is 1. The molecule has 1 atom stereocenters. The number of rotatable bonds is 12. The molecule has 2 aromatic heterocycles. The van der Waals surface area contributed by atoms with Crippen LogP contribution in [0, 0.1) is 0 Å². The van der Waals surface area contributed by atoms with Crippen LogP contribution in [-0.2, 0) is 11.3 Å². The minimum absolute atomic E-state index is 0.0246. The Hall–Kier alpha value is -3.01. The summed E-state index contributed by atoms with van der Waals surface area (Å²) in [6.45, 7) is 6.12. The second-order valence-electron chi connectivity index (χ2n) is 9.08. The van der Waals surface area contributed by atoms with E-state index in [9.17, 15) is 9.90 Å². The summed E-state index contributed by atoms with van der Waals surface area (Å²) in [5.74, 6) is 0.737. The molecule has 0 saturated heterocycles. The maximum Gasteiger partial charge on any atom is 0.248 e. The molecule has 0 amide bonds. The van der Waals surface area contributed by atoms with Gasteiger partial charge >= 0.3 is 0 Å². The molecular formula is C25H36N6O3. The van der Waals surface area contributed by atoms with Gasteiger partial charge in [0.25, 0.3) is 0 Å². The number of nitrogens with one attached hydrogen (secondary N) is 2. The fourth-order valence-electron chi connectivity index (χ4n) is 3.96. The van der Waals surface area contributed by atoms with Crippen LogP contribution in [-0.4, -0.2) is 64.4 Å². The summed E-state index contributed by atoms with van der Waals surface area (Å²) < 4.78 is 5.17. The van der Waals surface area contributed by atoms with E-state index in [0.29, 0.717) is 24.5 Å². The first-order chi connectivity index (χ1) is 16.3. The Bertz CT molecular complexity index is 1170. The lowest BCUT2D eigenvalue weighted by atomic mass is 9.95. The molecule has 9 nitrogen and oxygen atoms in total. The number of H-pyrrole nitrogens is 1. The van der Waals surface area contributed by atoms with Crippen molar-refractivity contribution in [3.8, 4) is 11.1 Å². The highest BCUT2D eigenvalue weighted by atomic mass is 16.5. The molecule has 1 unspecified atom stereocenters. The van der Waals surface area contributed by atoms with Crippen LogP contribution in [0.3, 0.4) is 0 Å². The first kappa shape index (κ1) is 25.6. The van der Waals surface area contributed by atoms with E-state index in [0.717, 1.165) is 47.9 Å². The van der Waals surface area contributed by atoms with Gasteiger partial charge in [0.1, 0.15) is 5.82 Å². The van der Waals surface area contributed by atoms with Gasteiger partial charge in [0.2, 0.25) is 11.5 Å². The summed E-state index contributed by atoms with van der Waals surface area (Å²) >= 11 is 0. The fourth-order valence-corrected chi connectivity index (χ4v) is 3.96. The number of aliphatic hydroxyl groups is 1. The number of nitrogens with zero attached hydrogens (tertiary/aromatic N) is 3. The van der Waals surface area contributed by atoms with Crippen molar-refractivity contribution in [2.75, 3.05) is 45.0 Å². The van der Waals surface area contributed by atoms with Crippen LogP contribution >= 0.6 is 0 Å². The first-order valence-electron chi connectivity index (χ1n) is 11.6. The van der Waals surface area contributed by atoms with Crippen LogP contribution in [0.2, 0.25) is 0 Å². The minimum atomic E-state index is -0.519. The lowest BCUT2D eigenvalue weighted by Gasteiger charge is -2.30. The molecule has 3 rings (SSSR count). The predicted molar refractivity (Wildman–Crippen MR) is 137 cm³/mol. The topological polar surface area (TPSA) is 129 Å².